The first-order chi connectivity index (χ1) is 22.3. The molecule has 10 aromatic rings. The van der Waals surface area contributed by atoms with Crippen LogP contribution in [-0.2, 0) is 0 Å². The third kappa shape index (κ3) is 3.46. The van der Waals surface area contributed by atoms with Crippen molar-refractivity contribution in [2.45, 2.75) is 0 Å². The molecule has 0 spiro atoms. The van der Waals surface area contributed by atoms with Crippen molar-refractivity contribution in [2.75, 3.05) is 0 Å². The molecule has 0 saturated heterocycles. The zero-order valence-corrected chi connectivity index (χ0v) is 24.2. The first-order valence-electron chi connectivity index (χ1n) is 15.3. The monoisotopic (exact) mass is 575 g/mol. The number of furan rings is 2. The summed E-state index contributed by atoms with van der Waals surface area (Å²) in [5.74, 6) is 0. The van der Waals surface area contributed by atoms with Gasteiger partial charge in [0.1, 0.15) is 22.3 Å². The zero-order chi connectivity index (χ0) is 29.5. The van der Waals surface area contributed by atoms with Crippen LogP contribution in [-0.4, -0.2) is 4.57 Å². The van der Waals surface area contributed by atoms with E-state index in [1.807, 2.05) is 0 Å². The molecule has 0 fully saturated rings. The van der Waals surface area contributed by atoms with Gasteiger partial charge in [-0.3, -0.25) is 0 Å². The van der Waals surface area contributed by atoms with Crippen LogP contribution in [0.4, 0.5) is 0 Å². The summed E-state index contributed by atoms with van der Waals surface area (Å²) in [6.45, 7) is 0. The van der Waals surface area contributed by atoms with E-state index in [1.54, 1.807) is 0 Å². The van der Waals surface area contributed by atoms with Crippen LogP contribution in [0.2, 0.25) is 0 Å². The number of fused-ring (bicyclic) bond motifs is 10. The van der Waals surface area contributed by atoms with Crippen LogP contribution in [0.25, 0.3) is 93.6 Å². The lowest BCUT2D eigenvalue weighted by Gasteiger charge is -2.13. The molecule has 10 rings (SSSR count). The van der Waals surface area contributed by atoms with E-state index in [1.165, 1.54) is 16.2 Å². The third-order valence-corrected chi connectivity index (χ3v) is 9.21. The largest absolute Gasteiger partial charge is 0.456 e. The summed E-state index contributed by atoms with van der Waals surface area (Å²) >= 11 is 0. The Kier molecular flexibility index (Phi) is 5.00. The second-order valence-electron chi connectivity index (χ2n) is 11.7. The van der Waals surface area contributed by atoms with Crippen LogP contribution < -0.4 is 0 Å². The number of para-hydroxylation sites is 2. The second kappa shape index (κ2) is 9.22. The molecule has 0 aliphatic carbocycles. The highest BCUT2D eigenvalue weighted by atomic mass is 16.3. The van der Waals surface area contributed by atoms with Crippen LogP contribution in [0, 0.1) is 0 Å². The van der Waals surface area contributed by atoms with Gasteiger partial charge < -0.3 is 13.4 Å². The molecule has 210 valence electrons. The molecule has 0 amide bonds. The van der Waals surface area contributed by atoms with E-state index in [0.717, 1.165) is 77.5 Å². The van der Waals surface area contributed by atoms with Crippen molar-refractivity contribution in [3.8, 4) is 27.9 Å². The molecule has 0 atom stereocenters. The summed E-state index contributed by atoms with van der Waals surface area (Å²) in [6.07, 6.45) is 0. The maximum atomic E-state index is 6.67. The third-order valence-electron chi connectivity index (χ3n) is 9.21. The lowest BCUT2D eigenvalue weighted by atomic mass is 9.92. The number of rotatable bonds is 3. The van der Waals surface area contributed by atoms with E-state index < -0.39 is 0 Å². The minimum absolute atomic E-state index is 0.877. The van der Waals surface area contributed by atoms with Gasteiger partial charge in [0, 0.05) is 21.8 Å². The summed E-state index contributed by atoms with van der Waals surface area (Å²) in [4.78, 5) is 0. The smallest absolute Gasteiger partial charge is 0.161 e. The van der Waals surface area contributed by atoms with Crippen molar-refractivity contribution < 1.29 is 8.83 Å². The fraction of sp³-hybridized carbons (Fsp3) is 0. The SMILES string of the molecule is c1ccc(-n2c3ccccc3c3oc4cccc(-c5ccccc5-c5ccc6c(c5)oc5ccc7ccccc7c56)c4c32)cc1. The van der Waals surface area contributed by atoms with Crippen LogP contribution in [0.1, 0.15) is 0 Å². The molecular weight excluding hydrogens is 550 g/mol. The molecule has 3 heterocycles. The number of aromatic nitrogens is 1. The van der Waals surface area contributed by atoms with Crippen molar-refractivity contribution in [3.63, 3.8) is 0 Å². The highest BCUT2D eigenvalue weighted by Crippen LogP contribution is 2.45. The Labute approximate surface area is 258 Å². The molecule has 3 nitrogen and oxygen atoms in total. The van der Waals surface area contributed by atoms with Gasteiger partial charge in [0.05, 0.1) is 10.9 Å². The summed E-state index contributed by atoms with van der Waals surface area (Å²) in [6, 6.07) is 53.5. The fourth-order valence-corrected chi connectivity index (χ4v) is 7.26. The Hall–Kier alpha value is -6.06. The van der Waals surface area contributed by atoms with Crippen molar-refractivity contribution in [1.29, 1.82) is 0 Å². The number of hydrogen-bond donors (Lipinski definition) is 0. The molecule has 0 radical (unpaired) electrons. The topological polar surface area (TPSA) is 31.2 Å². The van der Waals surface area contributed by atoms with Gasteiger partial charge in [-0.2, -0.15) is 0 Å². The van der Waals surface area contributed by atoms with Crippen molar-refractivity contribution in [2.24, 2.45) is 0 Å². The molecule has 0 unspecified atom stereocenters. The summed E-state index contributed by atoms with van der Waals surface area (Å²) in [5, 5.41) is 6.95. The summed E-state index contributed by atoms with van der Waals surface area (Å²) < 4.78 is 15.5. The second-order valence-corrected chi connectivity index (χ2v) is 11.7. The zero-order valence-electron chi connectivity index (χ0n) is 24.2. The Bertz CT molecular complexity index is 2760. The van der Waals surface area contributed by atoms with Crippen LogP contribution >= 0.6 is 0 Å². The molecular formula is C42H25NO2. The van der Waals surface area contributed by atoms with Gasteiger partial charge in [-0.1, -0.05) is 103 Å². The average molecular weight is 576 g/mol. The standard InChI is InChI=1S/C42H25NO2/c1-2-12-28(13-3-1)43-35-19-9-8-17-33(35)42-41(43)40-32(18-10-20-36(40)45-42)31-16-7-6-14-29(31)27-21-23-34-38(25-27)44-37-24-22-26-11-4-5-15-30(26)39(34)37/h1-25H. The first-order valence-corrected chi connectivity index (χ1v) is 15.3. The van der Waals surface area contributed by atoms with Gasteiger partial charge >= 0.3 is 0 Å². The van der Waals surface area contributed by atoms with E-state index in [0.29, 0.717) is 0 Å². The lowest BCUT2D eigenvalue weighted by molar-refractivity contribution is 0.669. The predicted molar refractivity (Wildman–Crippen MR) is 186 cm³/mol. The minimum Gasteiger partial charge on any atom is -0.456 e. The summed E-state index contributed by atoms with van der Waals surface area (Å²) in [5.41, 5.74) is 11.5. The van der Waals surface area contributed by atoms with E-state index in [9.17, 15) is 0 Å². The van der Waals surface area contributed by atoms with E-state index >= 15 is 0 Å². The van der Waals surface area contributed by atoms with Crippen LogP contribution in [0.15, 0.2) is 160 Å². The van der Waals surface area contributed by atoms with E-state index in [2.05, 4.69) is 156 Å². The molecule has 3 aromatic heterocycles. The van der Waals surface area contributed by atoms with Crippen molar-refractivity contribution in [3.05, 3.63) is 152 Å². The molecule has 0 bridgehead atoms. The van der Waals surface area contributed by atoms with Gasteiger partial charge in [0.15, 0.2) is 5.58 Å². The maximum absolute atomic E-state index is 6.67. The van der Waals surface area contributed by atoms with Crippen molar-refractivity contribution in [1.82, 2.24) is 4.57 Å². The van der Waals surface area contributed by atoms with Gasteiger partial charge in [-0.05, 0) is 81.6 Å². The maximum Gasteiger partial charge on any atom is 0.161 e. The van der Waals surface area contributed by atoms with Gasteiger partial charge in [-0.25, -0.2) is 0 Å². The highest BCUT2D eigenvalue weighted by molar-refractivity contribution is 6.21. The van der Waals surface area contributed by atoms with E-state index in [-0.39, 0.29) is 0 Å². The lowest BCUT2D eigenvalue weighted by Crippen LogP contribution is -1.94. The average Bonchev–Trinajstić information content (AvgIpc) is 3.77. The minimum atomic E-state index is 0.877. The molecule has 0 aliphatic heterocycles. The summed E-state index contributed by atoms with van der Waals surface area (Å²) in [7, 11) is 0. The molecule has 0 aliphatic rings. The molecule has 7 aromatic carbocycles. The fourth-order valence-electron chi connectivity index (χ4n) is 7.26. The Morgan fingerprint density at radius 2 is 1.16 bits per heavy atom. The quantitative estimate of drug-likeness (QED) is 0.210. The molecule has 0 saturated carbocycles. The first kappa shape index (κ1) is 24.4. The Balaban J connectivity index is 1.24. The molecule has 3 heteroatoms. The van der Waals surface area contributed by atoms with Crippen LogP contribution in [0.5, 0.6) is 0 Å². The normalized spacial score (nSPS) is 12.0. The molecule has 45 heavy (non-hydrogen) atoms. The number of hydrogen-bond acceptors (Lipinski definition) is 2. The molecule has 0 N–H and O–H groups in total. The van der Waals surface area contributed by atoms with Gasteiger partial charge in [0.2, 0.25) is 0 Å². The number of nitrogens with zero attached hydrogens (tertiary/aromatic N) is 1. The van der Waals surface area contributed by atoms with Gasteiger partial charge in [-0.15, -0.1) is 0 Å². The van der Waals surface area contributed by atoms with E-state index in [4.69, 9.17) is 8.83 Å². The Morgan fingerprint density at radius 1 is 0.422 bits per heavy atom. The number of benzene rings is 7. The highest BCUT2D eigenvalue weighted by Gasteiger charge is 2.23. The van der Waals surface area contributed by atoms with Crippen LogP contribution in [0.3, 0.4) is 0 Å². The predicted octanol–water partition coefficient (Wildman–Crippen LogP) is 11.9. The Morgan fingerprint density at radius 3 is 2.07 bits per heavy atom. The van der Waals surface area contributed by atoms with Crippen molar-refractivity contribution >= 4 is 65.7 Å². The van der Waals surface area contributed by atoms with Gasteiger partial charge in [0.25, 0.3) is 0 Å².